The number of azo groups is 2. The zero-order valence-corrected chi connectivity index (χ0v) is 14.8. The van der Waals surface area contributed by atoms with Crippen molar-refractivity contribution < 1.29 is 0 Å². The Bertz CT molecular complexity index is 553. The van der Waals surface area contributed by atoms with Crippen LogP contribution in [0.25, 0.3) is 0 Å². The highest BCUT2D eigenvalue weighted by atomic mass is 15.2. The molecule has 0 aliphatic carbocycles. The van der Waals surface area contributed by atoms with Crippen molar-refractivity contribution in [2.75, 3.05) is 6.54 Å². The molecule has 0 aromatic heterocycles. The molecule has 7 heteroatoms. The zero-order chi connectivity index (χ0) is 18.1. The summed E-state index contributed by atoms with van der Waals surface area (Å²) in [6.45, 7) is 11.1. The van der Waals surface area contributed by atoms with Gasteiger partial charge in [0.2, 0.25) is 0 Å². The van der Waals surface area contributed by atoms with E-state index < -0.39 is 17.5 Å². The van der Waals surface area contributed by atoms with Gasteiger partial charge in [-0.1, -0.05) is 0 Å². The van der Waals surface area contributed by atoms with Crippen molar-refractivity contribution in [1.29, 1.82) is 15.8 Å². The van der Waals surface area contributed by atoms with Crippen LogP contribution in [-0.2, 0) is 0 Å². The highest BCUT2D eigenvalue weighted by Crippen LogP contribution is 2.25. The molecule has 124 valence electrons. The van der Waals surface area contributed by atoms with Crippen molar-refractivity contribution in [1.82, 2.24) is 0 Å². The number of hydrogen-bond acceptors (Lipinski definition) is 7. The molecule has 0 aliphatic heterocycles. The van der Waals surface area contributed by atoms with Gasteiger partial charge in [0.1, 0.15) is 0 Å². The predicted molar refractivity (Wildman–Crippen MR) is 86.3 cm³/mol. The Morgan fingerprint density at radius 2 is 1.57 bits per heavy atom. The van der Waals surface area contributed by atoms with Crippen LogP contribution >= 0.6 is 0 Å². The molecule has 4 unspecified atom stereocenters. The molecule has 0 radical (unpaired) electrons. The zero-order valence-electron chi connectivity index (χ0n) is 14.8. The van der Waals surface area contributed by atoms with Crippen LogP contribution in [-0.4, -0.2) is 23.7 Å². The van der Waals surface area contributed by atoms with E-state index in [1.165, 1.54) is 0 Å². The number of rotatable bonds is 7. The van der Waals surface area contributed by atoms with E-state index in [0.29, 0.717) is 0 Å². The molecule has 0 aromatic carbocycles. The second kappa shape index (κ2) is 8.96. The van der Waals surface area contributed by atoms with Crippen molar-refractivity contribution >= 4 is 0 Å². The second-order valence-electron chi connectivity index (χ2n) is 6.92. The minimum atomic E-state index is -1.07. The Morgan fingerprint density at radius 1 is 0.957 bits per heavy atom. The summed E-state index contributed by atoms with van der Waals surface area (Å²) in [6, 6.07) is 5.89. The molecular weight excluding hydrogens is 290 g/mol. The van der Waals surface area contributed by atoms with Crippen molar-refractivity contribution in [2.45, 2.75) is 65.1 Å². The summed E-state index contributed by atoms with van der Waals surface area (Å²) in [5.74, 6) is -0.645. The third kappa shape index (κ3) is 8.63. The fraction of sp³-hybridized carbons (Fsp3) is 0.812. The lowest BCUT2D eigenvalue weighted by atomic mass is 9.90. The predicted octanol–water partition coefficient (Wildman–Crippen LogP) is 4.05. The summed E-state index contributed by atoms with van der Waals surface area (Å²) in [6.07, 6.45) is 0.252. The highest BCUT2D eigenvalue weighted by Gasteiger charge is 2.32. The van der Waals surface area contributed by atoms with Gasteiger partial charge in [0.05, 0.1) is 48.2 Å². The van der Waals surface area contributed by atoms with E-state index in [-0.39, 0.29) is 24.4 Å². The van der Waals surface area contributed by atoms with Crippen LogP contribution in [0, 0.1) is 45.8 Å². The topological polar surface area (TPSA) is 121 Å². The van der Waals surface area contributed by atoms with E-state index in [0.717, 1.165) is 0 Å². The van der Waals surface area contributed by atoms with Crippen LogP contribution in [0.1, 0.15) is 48.0 Å². The minimum Gasteiger partial charge on any atom is -0.198 e. The van der Waals surface area contributed by atoms with Gasteiger partial charge >= 0.3 is 0 Å². The SMILES string of the molecule is CC(C#N)CN=NC(CC(C)(C#N)N=NC(C)(C)C)C(C)C#N. The van der Waals surface area contributed by atoms with Gasteiger partial charge < -0.3 is 0 Å². The van der Waals surface area contributed by atoms with E-state index >= 15 is 0 Å². The average molecular weight is 315 g/mol. The summed E-state index contributed by atoms with van der Waals surface area (Å²) >= 11 is 0. The molecule has 0 heterocycles. The molecule has 0 spiro atoms. The van der Waals surface area contributed by atoms with Crippen molar-refractivity contribution in [3.63, 3.8) is 0 Å². The Balaban J connectivity index is 5.21. The largest absolute Gasteiger partial charge is 0.198 e. The van der Waals surface area contributed by atoms with E-state index in [9.17, 15) is 5.26 Å². The fourth-order valence-corrected chi connectivity index (χ4v) is 1.50. The molecule has 0 amide bonds. The summed E-state index contributed by atoms with van der Waals surface area (Å²) < 4.78 is 0. The van der Waals surface area contributed by atoms with E-state index in [1.807, 2.05) is 20.8 Å². The Kier molecular flexibility index (Phi) is 8.05. The van der Waals surface area contributed by atoms with Gasteiger partial charge in [0.25, 0.3) is 0 Å². The van der Waals surface area contributed by atoms with Crippen LogP contribution in [0.5, 0.6) is 0 Å². The molecule has 0 bridgehead atoms. The maximum Gasteiger partial charge on any atom is 0.166 e. The maximum absolute atomic E-state index is 9.44. The lowest BCUT2D eigenvalue weighted by Gasteiger charge is -2.22. The van der Waals surface area contributed by atoms with Crippen molar-refractivity contribution in [3.05, 3.63) is 0 Å². The minimum absolute atomic E-state index is 0.236. The third-order valence-electron chi connectivity index (χ3n) is 3.00. The Morgan fingerprint density at radius 3 is 2.00 bits per heavy atom. The van der Waals surface area contributed by atoms with Gasteiger partial charge in [-0.25, -0.2) is 0 Å². The molecule has 0 N–H and O–H groups in total. The summed E-state index contributed by atoms with van der Waals surface area (Å²) in [5, 5.41) is 43.8. The first-order chi connectivity index (χ1) is 10.6. The van der Waals surface area contributed by atoms with Gasteiger partial charge in [-0.3, -0.25) is 0 Å². The first-order valence-electron chi connectivity index (χ1n) is 7.58. The Hall–Kier alpha value is -2.33. The van der Waals surface area contributed by atoms with Crippen LogP contribution < -0.4 is 0 Å². The first kappa shape index (κ1) is 20.7. The standard InChI is InChI=1S/C16H25N7/c1-12(8-17)10-20-21-14(13(2)9-18)7-16(6,11-19)23-22-15(3,4)5/h12-14H,7,10H2,1-6H3. The summed E-state index contributed by atoms with van der Waals surface area (Å²) in [7, 11) is 0. The average Bonchev–Trinajstić information content (AvgIpc) is 2.50. The van der Waals surface area contributed by atoms with Crippen LogP contribution in [0.4, 0.5) is 0 Å². The van der Waals surface area contributed by atoms with Gasteiger partial charge in [0.15, 0.2) is 5.54 Å². The molecule has 0 saturated carbocycles. The monoisotopic (exact) mass is 315 g/mol. The molecule has 0 fully saturated rings. The molecule has 0 saturated heterocycles. The molecule has 4 atom stereocenters. The number of nitrogens with zero attached hydrogens (tertiary/aromatic N) is 7. The van der Waals surface area contributed by atoms with Crippen LogP contribution in [0.2, 0.25) is 0 Å². The van der Waals surface area contributed by atoms with Gasteiger partial charge in [-0.15, -0.1) is 0 Å². The highest BCUT2D eigenvalue weighted by molar-refractivity contribution is 5.07. The lowest BCUT2D eigenvalue weighted by Crippen LogP contribution is -2.29. The quantitative estimate of drug-likeness (QED) is 0.658. The van der Waals surface area contributed by atoms with E-state index in [1.54, 1.807) is 20.8 Å². The van der Waals surface area contributed by atoms with Crippen molar-refractivity contribution in [2.24, 2.45) is 32.3 Å². The lowest BCUT2D eigenvalue weighted by molar-refractivity contribution is 0.384. The Labute approximate surface area is 138 Å². The number of hydrogen-bond donors (Lipinski definition) is 0. The molecular formula is C16H25N7. The third-order valence-corrected chi connectivity index (χ3v) is 3.00. The first-order valence-corrected chi connectivity index (χ1v) is 7.58. The summed E-state index contributed by atoms with van der Waals surface area (Å²) in [5.41, 5.74) is -1.44. The number of nitriles is 3. The van der Waals surface area contributed by atoms with Crippen LogP contribution in [0.3, 0.4) is 0 Å². The molecule has 23 heavy (non-hydrogen) atoms. The van der Waals surface area contributed by atoms with E-state index in [4.69, 9.17) is 10.5 Å². The molecule has 0 rings (SSSR count). The molecule has 7 nitrogen and oxygen atoms in total. The molecule has 0 aliphatic rings. The van der Waals surface area contributed by atoms with Gasteiger partial charge in [0, 0.05) is 6.42 Å². The van der Waals surface area contributed by atoms with Crippen molar-refractivity contribution in [3.8, 4) is 18.2 Å². The van der Waals surface area contributed by atoms with Gasteiger partial charge in [-0.05, 0) is 41.5 Å². The molecule has 0 aromatic rings. The normalized spacial score (nSPS) is 18.6. The summed E-state index contributed by atoms with van der Waals surface area (Å²) in [4.78, 5) is 0. The van der Waals surface area contributed by atoms with E-state index in [2.05, 4.69) is 38.7 Å². The van der Waals surface area contributed by atoms with Gasteiger partial charge in [-0.2, -0.15) is 36.2 Å². The smallest absolute Gasteiger partial charge is 0.166 e. The van der Waals surface area contributed by atoms with Crippen LogP contribution in [0.15, 0.2) is 20.5 Å². The fourth-order valence-electron chi connectivity index (χ4n) is 1.50. The maximum atomic E-state index is 9.44. The second-order valence-corrected chi connectivity index (χ2v) is 6.92.